The first-order chi connectivity index (χ1) is 9.58. The van der Waals surface area contributed by atoms with E-state index in [-0.39, 0.29) is 11.9 Å². The van der Waals surface area contributed by atoms with Gasteiger partial charge in [-0.25, -0.2) is 0 Å². The number of nitrogens with one attached hydrogen (secondary N) is 1. The van der Waals surface area contributed by atoms with Gasteiger partial charge in [-0.15, -0.1) is 0 Å². The van der Waals surface area contributed by atoms with Crippen molar-refractivity contribution in [2.75, 3.05) is 20.6 Å². The van der Waals surface area contributed by atoms with E-state index in [4.69, 9.17) is 4.42 Å². The van der Waals surface area contributed by atoms with Crippen molar-refractivity contribution >= 4 is 21.8 Å². The van der Waals surface area contributed by atoms with Gasteiger partial charge in [0.15, 0.2) is 0 Å². The Labute approximate surface area is 126 Å². The standard InChI is InChI=1S/C15H17BrN2O2/c1-18(2)13(14-7-4-8-20-14)10-17-15(19)11-5-3-6-12(16)9-11/h3-9,13H,10H2,1-2H3,(H,17,19). The molecule has 2 rings (SSSR count). The second-order valence-electron chi connectivity index (χ2n) is 4.72. The highest BCUT2D eigenvalue weighted by molar-refractivity contribution is 9.10. The Morgan fingerprint density at radius 1 is 1.35 bits per heavy atom. The van der Waals surface area contributed by atoms with Crippen molar-refractivity contribution in [2.24, 2.45) is 0 Å². The molecule has 20 heavy (non-hydrogen) atoms. The number of likely N-dealkylation sites (N-methyl/N-ethyl adjacent to an activating group) is 1. The first-order valence-corrected chi connectivity index (χ1v) is 7.11. The number of benzene rings is 1. The topological polar surface area (TPSA) is 45.5 Å². The van der Waals surface area contributed by atoms with Gasteiger partial charge < -0.3 is 9.73 Å². The molecule has 0 bridgehead atoms. The SMILES string of the molecule is CN(C)C(CNC(=O)c1cccc(Br)c1)c1ccco1. The molecule has 1 aromatic carbocycles. The highest BCUT2D eigenvalue weighted by atomic mass is 79.9. The maximum atomic E-state index is 12.1. The molecule has 0 fully saturated rings. The van der Waals surface area contributed by atoms with Crippen LogP contribution in [0.25, 0.3) is 0 Å². The van der Waals surface area contributed by atoms with Crippen LogP contribution in [0, 0.1) is 0 Å². The Bertz CT molecular complexity index is 567. The molecular weight excluding hydrogens is 320 g/mol. The predicted octanol–water partition coefficient (Wildman–Crippen LogP) is 3.07. The highest BCUT2D eigenvalue weighted by Gasteiger charge is 2.18. The molecule has 1 aromatic heterocycles. The number of furan rings is 1. The van der Waals surface area contributed by atoms with Gasteiger partial charge in [-0.05, 0) is 44.4 Å². The third-order valence-corrected chi connectivity index (χ3v) is 3.53. The third kappa shape index (κ3) is 3.71. The van der Waals surface area contributed by atoms with Crippen molar-refractivity contribution in [1.29, 1.82) is 0 Å². The third-order valence-electron chi connectivity index (χ3n) is 3.04. The number of amides is 1. The number of carbonyl (C=O) groups is 1. The Kier molecular flexibility index (Phi) is 4.98. The summed E-state index contributed by atoms with van der Waals surface area (Å²) in [6.07, 6.45) is 1.64. The molecule has 0 aliphatic heterocycles. The van der Waals surface area contributed by atoms with E-state index in [0.717, 1.165) is 10.2 Å². The average molecular weight is 337 g/mol. The molecule has 1 heterocycles. The van der Waals surface area contributed by atoms with Gasteiger partial charge in [0.1, 0.15) is 5.76 Å². The molecule has 0 aliphatic rings. The average Bonchev–Trinajstić information content (AvgIpc) is 2.92. The zero-order valence-corrected chi connectivity index (χ0v) is 13.1. The Morgan fingerprint density at radius 2 is 2.15 bits per heavy atom. The maximum Gasteiger partial charge on any atom is 0.251 e. The number of carbonyl (C=O) groups excluding carboxylic acids is 1. The molecule has 106 valence electrons. The summed E-state index contributed by atoms with van der Waals surface area (Å²) in [7, 11) is 3.91. The zero-order valence-electron chi connectivity index (χ0n) is 11.5. The van der Waals surface area contributed by atoms with Crippen LogP contribution in [0.15, 0.2) is 51.6 Å². The molecule has 0 saturated heterocycles. The minimum atomic E-state index is -0.0929. The monoisotopic (exact) mass is 336 g/mol. The van der Waals surface area contributed by atoms with Crippen LogP contribution in [0.1, 0.15) is 22.2 Å². The van der Waals surface area contributed by atoms with Gasteiger partial charge >= 0.3 is 0 Å². The van der Waals surface area contributed by atoms with Crippen LogP contribution in [0.3, 0.4) is 0 Å². The minimum absolute atomic E-state index is 0.0149. The maximum absolute atomic E-state index is 12.1. The summed E-state index contributed by atoms with van der Waals surface area (Å²) < 4.78 is 6.30. The molecule has 0 aliphatic carbocycles. The Hall–Kier alpha value is -1.59. The number of nitrogens with zero attached hydrogens (tertiary/aromatic N) is 1. The lowest BCUT2D eigenvalue weighted by Gasteiger charge is -2.22. The summed E-state index contributed by atoms with van der Waals surface area (Å²) in [6.45, 7) is 0.492. The summed E-state index contributed by atoms with van der Waals surface area (Å²) in [5, 5.41) is 2.93. The van der Waals surface area contributed by atoms with E-state index >= 15 is 0 Å². The molecule has 5 heteroatoms. The second kappa shape index (κ2) is 6.72. The van der Waals surface area contributed by atoms with Crippen molar-refractivity contribution in [3.05, 3.63) is 58.5 Å². The molecular formula is C15H17BrN2O2. The Balaban J connectivity index is 2.01. The largest absolute Gasteiger partial charge is 0.468 e. The summed E-state index contributed by atoms with van der Waals surface area (Å²) in [5.74, 6) is 0.745. The lowest BCUT2D eigenvalue weighted by molar-refractivity contribution is 0.0939. The normalized spacial score (nSPS) is 12.4. The number of hydrogen-bond acceptors (Lipinski definition) is 3. The first kappa shape index (κ1) is 14.8. The van der Waals surface area contributed by atoms with E-state index in [0.29, 0.717) is 12.1 Å². The zero-order chi connectivity index (χ0) is 14.5. The second-order valence-corrected chi connectivity index (χ2v) is 5.63. The van der Waals surface area contributed by atoms with Crippen molar-refractivity contribution in [2.45, 2.75) is 6.04 Å². The molecule has 1 amide bonds. The van der Waals surface area contributed by atoms with Crippen LogP contribution in [-0.4, -0.2) is 31.4 Å². The Morgan fingerprint density at radius 3 is 2.75 bits per heavy atom. The fourth-order valence-electron chi connectivity index (χ4n) is 1.94. The molecule has 4 nitrogen and oxygen atoms in total. The first-order valence-electron chi connectivity index (χ1n) is 6.31. The van der Waals surface area contributed by atoms with E-state index in [1.54, 1.807) is 18.4 Å². The van der Waals surface area contributed by atoms with Gasteiger partial charge in [0.2, 0.25) is 0 Å². The lowest BCUT2D eigenvalue weighted by Crippen LogP contribution is -2.34. The van der Waals surface area contributed by atoms with E-state index < -0.39 is 0 Å². The summed E-state index contributed by atoms with van der Waals surface area (Å²) in [6, 6.07) is 11.1. The van der Waals surface area contributed by atoms with Gasteiger partial charge in [0, 0.05) is 16.6 Å². The number of halogens is 1. The number of hydrogen-bond donors (Lipinski definition) is 1. The van der Waals surface area contributed by atoms with Gasteiger partial charge in [-0.3, -0.25) is 9.69 Å². The quantitative estimate of drug-likeness (QED) is 0.912. The van der Waals surface area contributed by atoms with Crippen molar-refractivity contribution in [3.8, 4) is 0 Å². The van der Waals surface area contributed by atoms with Crippen molar-refractivity contribution in [1.82, 2.24) is 10.2 Å². The van der Waals surface area contributed by atoms with Crippen LogP contribution >= 0.6 is 15.9 Å². The molecule has 0 radical (unpaired) electrons. The van der Waals surface area contributed by atoms with Crippen molar-refractivity contribution in [3.63, 3.8) is 0 Å². The fourth-order valence-corrected chi connectivity index (χ4v) is 2.34. The summed E-state index contributed by atoms with van der Waals surface area (Å²) in [5.41, 5.74) is 0.635. The molecule has 1 atom stereocenters. The van der Waals surface area contributed by atoms with E-state index in [2.05, 4.69) is 21.2 Å². The number of rotatable bonds is 5. The van der Waals surface area contributed by atoms with Crippen LogP contribution in [0.2, 0.25) is 0 Å². The summed E-state index contributed by atoms with van der Waals surface area (Å²) in [4.78, 5) is 14.1. The van der Waals surface area contributed by atoms with Gasteiger partial charge in [0.25, 0.3) is 5.91 Å². The van der Waals surface area contributed by atoms with Crippen molar-refractivity contribution < 1.29 is 9.21 Å². The van der Waals surface area contributed by atoms with Crippen LogP contribution in [0.5, 0.6) is 0 Å². The van der Waals surface area contributed by atoms with E-state index in [9.17, 15) is 4.79 Å². The lowest BCUT2D eigenvalue weighted by atomic mass is 10.2. The summed E-state index contributed by atoms with van der Waals surface area (Å²) >= 11 is 3.36. The molecule has 0 spiro atoms. The molecule has 0 saturated carbocycles. The molecule has 1 N–H and O–H groups in total. The van der Waals surface area contributed by atoms with E-state index in [1.807, 2.05) is 43.3 Å². The minimum Gasteiger partial charge on any atom is -0.468 e. The highest BCUT2D eigenvalue weighted by Crippen LogP contribution is 2.18. The van der Waals surface area contributed by atoms with Gasteiger partial charge in [-0.2, -0.15) is 0 Å². The smallest absolute Gasteiger partial charge is 0.251 e. The van der Waals surface area contributed by atoms with Crippen LogP contribution < -0.4 is 5.32 Å². The van der Waals surface area contributed by atoms with Gasteiger partial charge in [0.05, 0.1) is 12.3 Å². The molecule has 1 unspecified atom stereocenters. The van der Waals surface area contributed by atoms with Crippen LogP contribution in [-0.2, 0) is 0 Å². The fraction of sp³-hybridized carbons (Fsp3) is 0.267. The van der Waals surface area contributed by atoms with E-state index in [1.165, 1.54) is 0 Å². The molecule has 2 aromatic rings. The van der Waals surface area contributed by atoms with Gasteiger partial charge in [-0.1, -0.05) is 22.0 Å². The predicted molar refractivity (Wildman–Crippen MR) is 81.6 cm³/mol. The van der Waals surface area contributed by atoms with Crippen LogP contribution in [0.4, 0.5) is 0 Å².